The van der Waals surface area contributed by atoms with Crippen LogP contribution >= 0.6 is 0 Å². The van der Waals surface area contributed by atoms with E-state index in [4.69, 9.17) is 8.23 Å². The Bertz CT molecular complexity index is 323. The third-order valence-electron chi connectivity index (χ3n) is 2.73. The van der Waals surface area contributed by atoms with Gasteiger partial charge in [0.2, 0.25) is 0 Å². The van der Waals surface area contributed by atoms with Crippen molar-refractivity contribution in [1.29, 1.82) is 0 Å². The zero-order valence-electron chi connectivity index (χ0n) is 15.6. The Kier molecular flexibility index (Phi) is 9.27. The molecule has 0 aliphatic carbocycles. The number of hydrogen-bond donors (Lipinski definition) is 0. The zero-order chi connectivity index (χ0) is 18.4. The molecular weight excluding hydrogens is 357 g/mol. The molecule has 0 aliphatic rings. The molecule has 0 fully saturated rings. The van der Waals surface area contributed by atoms with Crippen LogP contribution < -0.4 is 0 Å². The van der Waals surface area contributed by atoms with Gasteiger partial charge in [-0.2, -0.15) is 13.2 Å². The summed E-state index contributed by atoms with van der Waals surface area (Å²) in [5.74, 6) is 0. The van der Waals surface area contributed by atoms with Crippen molar-refractivity contribution in [3.8, 4) is 0 Å². The Morgan fingerprint density at radius 2 is 1.22 bits per heavy atom. The lowest BCUT2D eigenvalue weighted by molar-refractivity contribution is -0.174. The standard InChI is InChI=1S/C14H33F3O3Si3/c1-21(2,3)19-23(7,20-22(4,5)6)12-10-8-9-11-18-13-14(15,16)17/h8-13H2,1-7H3. The van der Waals surface area contributed by atoms with Crippen LogP contribution in [0, 0.1) is 0 Å². The normalized spacial score (nSPS) is 14.3. The molecule has 0 heterocycles. The second-order valence-electron chi connectivity index (χ2n) is 8.04. The minimum absolute atomic E-state index is 0.154. The first kappa shape index (κ1) is 23.3. The van der Waals surface area contributed by atoms with Gasteiger partial charge in [0.15, 0.2) is 16.6 Å². The van der Waals surface area contributed by atoms with Crippen molar-refractivity contribution in [3.63, 3.8) is 0 Å². The molecule has 0 N–H and O–H groups in total. The third kappa shape index (κ3) is 15.6. The fourth-order valence-corrected chi connectivity index (χ4v) is 15.0. The van der Waals surface area contributed by atoms with Crippen molar-refractivity contribution < 1.29 is 26.1 Å². The topological polar surface area (TPSA) is 27.7 Å². The zero-order valence-corrected chi connectivity index (χ0v) is 18.6. The van der Waals surface area contributed by atoms with Gasteiger partial charge < -0.3 is 13.0 Å². The van der Waals surface area contributed by atoms with Gasteiger partial charge in [-0.05, 0) is 58.3 Å². The summed E-state index contributed by atoms with van der Waals surface area (Å²) in [7, 11) is -5.59. The molecule has 0 amide bonds. The second-order valence-corrected chi connectivity index (χ2v) is 20.9. The Labute approximate surface area is 142 Å². The van der Waals surface area contributed by atoms with E-state index >= 15 is 0 Å². The van der Waals surface area contributed by atoms with Crippen LogP contribution in [-0.4, -0.2) is 44.6 Å². The van der Waals surface area contributed by atoms with Crippen LogP contribution in [-0.2, 0) is 13.0 Å². The summed E-state index contributed by atoms with van der Waals surface area (Å²) in [5, 5.41) is 0. The molecule has 0 unspecified atom stereocenters. The van der Waals surface area contributed by atoms with Crippen LogP contribution in [0.5, 0.6) is 0 Å². The van der Waals surface area contributed by atoms with Gasteiger partial charge in [-0.3, -0.25) is 0 Å². The van der Waals surface area contributed by atoms with Gasteiger partial charge in [-0.25, -0.2) is 0 Å². The molecule has 3 nitrogen and oxygen atoms in total. The van der Waals surface area contributed by atoms with Gasteiger partial charge in [-0.15, -0.1) is 0 Å². The van der Waals surface area contributed by atoms with Gasteiger partial charge in [-0.1, -0.05) is 12.8 Å². The highest BCUT2D eigenvalue weighted by molar-refractivity contribution is 6.87. The highest BCUT2D eigenvalue weighted by Crippen LogP contribution is 2.26. The van der Waals surface area contributed by atoms with Crippen molar-refractivity contribution in [1.82, 2.24) is 0 Å². The molecule has 0 saturated heterocycles. The summed E-state index contributed by atoms with van der Waals surface area (Å²) in [6.07, 6.45) is -1.85. The van der Waals surface area contributed by atoms with Gasteiger partial charge in [0, 0.05) is 6.61 Å². The molecule has 140 valence electrons. The maximum Gasteiger partial charge on any atom is 0.411 e. The lowest BCUT2D eigenvalue weighted by Gasteiger charge is -2.38. The van der Waals surface area contributed by atoms with Crippen LogP contribution in [0.25, 0.3) is 0 Å². The van der Waals surface area contributed by atoms with Crippen LogP contribution in [0.3, 0.4) is 0 Å². The molecule has 0 aromatic carbocycles. The van der Waals surface area contributed by atoms with E-state index in [-0.39, 0.29) is 6.61 Å². The van der Waals surface area contributed by atoms with Gasteiger partial charge in [0.05, 0.1) is 0 Å². The first-order valence-corrected chi connectivity index (χ1v) is 17.5. The Hall–Kier alpha value is 0.321. The summed E-state index contributed by atoms with van der Waals surface area (Å²) < 4.78 is 53.3. The van der Waals surface area contributed by atoms with Crippen LogP contribution in [0.15, 0.2) is 0 Å². The Balaban J connectivity index is 4.21. The number of rotatable bonds is 11. The van der Waals surface area contributed by atoms with E-state index < -0.39 is 38.0 Å². The molecule has 0 atom stereocenters. The van der Waals surface area contributed by atoms with Gasteiger partial charge in [0.1, 0.15) is 6.61 Å². The summed E-state index contributed by atoms with van der Waals surface area (Å²) >= 11 is 0. The van der Waals surface area contributed by atoms with Crippen molar-refractivity contribution in [2.24, 2.45) is 0 Å². The lowest BCUT2D eigenvalue weighted by Crippen LogP contribution is -2.52. The molecule has 9 heteroatoms. The quantitative estimate of drug-likeness (QED) is 0.344. The van der Waals surface area contributed by atoms with Crippen molar-refractivity contribution in [3.05, 3.63) is 0 Å². The Morgan fingerprint density at radius 1 is 0.739 bits per heavy atom. The number of alkyl halides is 3. The highest BCUT2D eigenvalue weighted by Gasteiger charge is 2.39. The second kappa shape index (κ2) is 9.14. The number of ether oxygens (including phenoxy) is 1. The molecule has 0 aliphatic heterocycles. The maximum atomic E-state index is 12.0. The third-order valence-corrected chi connectivity index (χ3v) is 12.3. The molecular formula is C14H33F3O3Si3. The van der Waals surface area contributed by atoms with E-state index in [1.165, 1.54) is 0 Å². The number of unbranched alkanes of at least 4 members (excludes halogenated alkanes) is 2. The summed E-state index contributed by atoms with van der Waals surface area (Å²) in [6.45, 7) is 14.1. The van der Waals surface area contributed by atoms with Gasteiger partial charge >= 0.3 is 14.7 Å². The fourth-order valence-electron chi connectivity index (χ4n) is 2.43. The average molecular weight is 391 g/mol. The molecule has 23 heavy (non-hydrogen) atoms. The molecule has 0 bridgehead atoms. The van der Waals surface area contributed by atoms with Crippen molar-refractivity contribution >= 4 is 25.2 Å². The summed E-state index contributed by atoms with van der Waals surface area (Å²) in [6, 6.07) is 0.890. The smallest absolute Gasteiger partial charge is 0.411 e. The van der Waals surface area contributed by atoms with E-state index in [2.05, 4.69) is 50.6 Å². The Morgan fingerprint density at radius 3 is 1.61 bits per heavy atom. The minimum atomic E-state index is -4.23. The first-order valence-electron chi connectivity index (χ1n) is 8.17. The predicted octanol–water partition coefficient (Wildman–Crippen LogP) is 5.51. The minimum Gasteiger partial charge on any atom is -0.437 e. The van der Waals surface area contributed by atoms with E-state index in [1.54, 1.807) is 0 Å². The molecule has 0 radical (unpaired) electrons. The van der Waals surface area contributed by atoms with E-state index in [9.17, 15) is 13.2 Å². The van der Waals surface area contributed by atoms with Crippen molar-refractivity contribution in [2.45, 2.75) is 77.3 Å². The lowest BCUT2D eigenvalue weighted by atomic mass is 10.3. The van der Waals surface area contributed by atoms with E-state index in [0.29, 0.717) is 6.42 Å². The van der Waals surface area contributed by atoms with Crippen LogP contribution in [0.4, 0.5) is 13.2 Å². The van der Waals surface area contributed by atoms with Crippen LogP contribution in [0.2, 0.25) is 51.9 Å². The van der Waals surface area contributed by atoms with Crippen molar-refractivity contribution in [2.75, 3.05) is 13.2 Å². The van der Waals surface area contributed by atoms with E-state index in [1.807, 2.05) is 0 Å². The molecule has 0 rings (SSSR count). The molecule has 0 aromatic heterocycles. The monoisotopic (exact) mass is 390 g/mol. The van der Waals surface area contributed by atoms with Crippen LogP contribution in [0.1, 0.15) is 19.3 Å². The average Bonchev–Trinajstić information content (AvgIpc) is 2.20. The first-order chi connectivity index (χ1) is 10.1. The fraction of sp³-hybridized carbons (Fsp3) is 1.00. The largest absolute Gasteiger partial charge is 0.437 e. The number of hydrogen-bond acceptors (Lipinski definition) is 3. The van der Waals surface area contributed by atoms with Gasteiger partial charge in [0.25, 0.3) is 0 Å². The predicted molar refractivity (Wildman–Crippen MR) is 96.0 cm³/mol. The molecule has 0 aromatic rings. The summed E-state index contributed by atoms with van der Waals surface area (Å²) in [5.41, 5.74) is 0. The molecule has 0 saturated carbocycles. The summed E-state index contributed by atoms with van der Waals surface area (Å²) in [4.78, 5) is 0. The molecule has 0 spiro atoms. The SMILES string of the molecule is C[Si](C)(C)O[Si](C)(CCCCCOCC(F)(F)F)O[Si](C)(C)C. The highest BCUT2D eigenvalue weighted by atomic mass is 28.5. The number of halogens is 3. The van der Waals surface area contributed by atoms with E-state index in [0.717, 1.165) is 18.9 Å². The maximum absolute atomic E-state index is 12.0.